The third-order valence-corrected chi connectivity index (χ3v) is 3.89. The van der Waals surface area contributed by atoms with Crippen LogP contribution in [0.4, 0.5) is 18.9 Å². The number of phenolic OH excluding ortho intramolecular Hbond substituents is 1. The summed E-state index contributed by atoms with van der Waals surface area (Å²) in [6, 6.07) is 7.91. The maximum Gasteiger partial charge on any atom is 0.416 e. The van der Waals surface area contributed by atoms with Crippen molar-refractivity contribution in [2.75, 3.05) is 5.32 Å². The quantitative estimate of drug-likeness (QED) is 0.738. The molecule has 3 nitrogen and oxygen atoms in total. The van der Waals surface area contributed by atoms with Gasteiger partial charge in [-0.25, -0.2) is 0 Å². The maximum atomic E-state index is 13.0. The molecule has 0 aromatic heterocycles. The molecule has 2 rings (SSSR count). The molecular weight excluding hydrogens is 375 g/mol. The van der Waals surface area contributed by atoms with Gasteiger partial charge in [-0.3, -0.25) is 4.79 Å². The Hall–Kier alpha value is -2.02. The lowest BCUT2D eigenvalue weighted by atomic mass is 10.0. The normalized spacial score (nSPS) is 11.3. The predicted molar refractivity (Wildman–Crippen MR) is 84.9 cm³/mol. The largest absolute Gasteiger partial charge is 0.508 e. The second kappa shape index (κ2) is 6.62. The number of phenols is 1. The van der Waals surface area contributed by atoms with Gasteiger partial charge in [-0.05, 0) is 36.2 Å². The van der Waals surface area contributed by atoms with Crippen LogP contribution in [0, 0.1) is 6.92 Å². The van der Waals surface area contributed by atoms with Crippen molar-refractivity contribution in [3.8, 4) is 5.75 Å². The van der Waals surface area contributed by atoms with E-state index in [1.165, 1.54) is 18.2 Å². The summed E-state index contributed by atoms with van der Waals surface area (Å²) in [5.74, 6) is -0.687. The van der Waals surface area contributed by atoms with Crippen LogP contribution in [-0.4, -0.2) is 11.0 Å². The fourth-order valence-electron chi connectivity index (χ4n) is 1.99. The van der Waals surface area contributed by atoms with E-state index < -0.39 is 17.6 Å². The van der Waals surface area contributed by atoms with Crippen molar-refractivity contribution in [1.29, 1.82) is 0 Å². The molecule has 7 heteroatoms. The highest BCUT2D eigenvalue weighted by atomic mass is 79.9. The average Bonchev–Trinajstić information content (AvgIpc) is 2.49. The molecule has 0 aliphatic heterocycles. The molecule has 2 N–H and O–H groups in total. The van der Waals surface area contributed by atoms with Crippen molar-refractivity contribution in [3.05, 3.63) is 58.7 Å². The van der Waals surface area contributed by atoms with E-state index in [0.717, 1.165) is 6.07 Å². The maximum absolute atomic E-state index is 13.0. The van der Waals surface area contributed by atoms with Crippen molar-refractivity contribution < 1.29 is 23.1 Å². The van der Waals surface area contributed by atoms with Gasteiger partial charge < -0.3 is 10.4 Å². The molecule has 0 spiro atoms. The molecule has 0 heterocycles. The summed E-state index contributed by atoms with van der Waals surface area (Å²) < 4.78 is 39.1. The molecule has 0 saturated carbocycles. The predicted octanol–water partition coefficient (Wildman–Crippen LogP) is 4.87. The molecule has 2 aromatic rings. The van der Waals surface area contributed by atoms with Crippen LogP contribution in [0.2, 0.25) is 0 Å². The Morgan fingerprint density at radius 3 is 2.48 bits per heavy atom. The van der Waals surface area contributed by atoms with Gasteiger partial charge in [0, 0.05) is 22.6 Å². The second-order valence-electron chi connectivity index (χ2n) is 4.96. The number of hydrogen-bond acceptors (Lipinski definition) is 2. The zero-order valence-electron chi connectivity index (χ0n) is 12.0. The third-order valence-electron chi connectivity index (χ3n) is 3.29. The summed E-state index contributed by atoms with van der Waals surface area (Å²) >= 11 is 3.00. The van der Waals surface area contributed by atoms with Gasteiger partial charge in [-0.15, -0.1) is 0 Å². The van der Waals surface area contributed by atoms with Crippen LogP contribution in [0.25, 0.3) is 0 Å². The lowest BCUT2D eigenvalue weighted by Crippen LogP contribution is -2.15. The Morgan fingerprint density at radius 2 is 1.91 bits per heavy atom. The number of benzene rings is 2. The number of rotatable bonds is 3. The molecule has 0 bridgehead atoms. The summed E-state index contributed by atoms with van der Waals surface area (Å²) in [5, 5.41) is 12.1. The molecular formula is C16H13BrF3NO2. The van der Waals surface area contributed by atoms with Crippen molar-refractivity contribution in [2.24, 2.45) is 0 Å². The first-order chi connectivity index (χ1) is 10.7. The fraction of sp³-hybridized carbons (Fsp3) is 0.188. The number of carbonyl (C=O) groups excluding carboxylic acids is 1. The first kappa shape index (κ1) is 17.3. The van der Waals surface area contributed by atoms with Crippen LogP contribution in [0.5, 0.6) is 5.75 Å². The van der Waals surface area contributed by atoms with Gasteiger partial charge in [-0.1, -0.05) is 28.1 Å². The Labute approximate surface area is 139 Å². The molecule has 122 valence electrons. The van der Waals surface area contributed by atoms with E-state index in [1.807, 2.05) is 0 Å². The summed E-state index contributed by atoms with van der Waals surface area (Å²) in [5.41, 5.74) is 0.0261. The molecule has 23 heavy (non-hydrogen) atoms. The summed E-state index contributed by atoms with van der Waals surface area (Å²) in [6.45, 7) is 1.69. The number of carbonyl (C=O) groups is 1. The van der Waals surface area contributed by atoms with Crippen LogP contribution in [0.3, 0.4) is 0 Å². The van der Waals surface area contributed by atoms with Crippen molar-refractivity contribution in [2.45, 2.75) is 18.4 Å². The van der Waals surface area contributed by atoms with E-state index in [-0.39, 0.29) is 22.2 Å². The first-order valence-electron chi connectivity index (χ1n) is 6.59. The van der Waals surface area contributed by atoms with Gasteiger partial charge in [0.15, 0.2) is 0 Å². The molecule has 0 atom stereocenters. The van der Waals surface area contributed by atoms with Gasteiger partial charge in [0.05, 0.1) is 5.56 Å². The smallest absolute Gasteiger partial charge is 0.416 e. The second-order valence-corrected chi connectivity index (χ2v) is 5.52. The highest BCUT2D eigenvalue weighted by Crippen LogP contribution is 2.34. The number of amides is 1. The number of nitrogens with one attached hydrogen (secondary N) is 1. The number of aryl methyl sites for hydroxylation is 1. The number of aromatic hydroxyl groups is 1. The molecule has 0 unspecified atom stereocenters. The lowest BCUT2D eigenvalue weighted by molar-refractivity contribution is -0.138. The third kappa shape index (κ3) is 4.04. The SMILES string of the molecule is Cc1ccc(NC(=O)c2ccc(CBr)c(C(F)(F)F)c2)cc1O. The molecule has 2 aromatic carbocycles. The zero-order valence-corrected chi connectivity index (χ0v) is 13.6. The van der Waals surface area contributed by atoms with E-state index in [2.05, 4.69) is 21.2 Å². The molecule has 0 aliphatic rings. The topological polar surface area (TPSA) is 49.3 Å². The number of hydrogen-bond donors (Lipinski definition) is 2. The van der Waals surface area contributed by atoms with Crippen molar-refractivity contribution in [3.63, 3.8) is 0 Å². The average molecular weight is 388 g/mol. The zero-order chi connectivity index (χ0) is 17.2. The Bertz CT molecular complexity index is 745. The van der Waals surface area contributed by atoms with Crippen LogP contribution in [-0.2, 0) is 11.5 Å². The van der Waals surface area contributed by atoms with Crippen LogP contribution in [0.15, 0.2) is 36.4 Å². The standard InChI is InChI=1S/C16H13BrF3NO2/c1-9-2-5-12(7-14(9)22)21-15(23)10-3-4-11(8-17)13(6-10)16(18,19)20/h2-7,22H,8H2,1H3,(H,21,23). The van der Waals surface area contributed by atoms with E-state index in [9.17, 15) is 23.1 Å². The minimum Gasteiger partial charge on any atom is -0.508 e. The summed E-state index contributed by atoms with van der Waals surface area (Å²) in [4.78, 5) is 12.1. The van der Waals surface area contributed by atoms with E-state index in [0.29, 0.717) is 11.3 Å². The van der Waals surface area contributed by atoms with Gasteiger partial charge in [0.1, 0.15) is 5.75 Å². The Morgan fingerprint density at radius 1 is 1.22 bits per heavy atom. The molecule has 0 aliphatic carbocycles. The van der Waals surface area contributed by atoms with Gasteiger partial charge in [0.2, 0.25) is 0 Å². The number of anilines is 1. The van der Waals surface area contributed by atoms with Crippen LogP contribution in [0.1, 0.15) is 27.0 Å². The Balaban J connectivity index is 2.30. The van der Waals surface area contributed by atoms with Crippen molar-refractivity contribution in [1.82, 2.24) is 0 Å². The molecule has 0 saturated heterocycles. The number of alkyl halides is 4. The highest BCUT2D eigenvalue weighted by molar-refractivity contribution is 9.08. The van der Waals surface area contributed by atoms with Gasteiger partial charge >= 0.3 is 6.18 Å². The molecule has 1 amide bonds. The highest BCUT2D eigenvalue weighted by Gasteiger charge is 2.33. The molecule has 0 radical (unpaired) electrons. The van der Waals surface area contributed by atoms with E-state index in [1.54, 1.807) is 19.1 Å². The summed E-state index contributed by atoms with van der Waals surface area (Å²) in [6.07, 6.45) is -4.54. The monoisotopic (exact) mass is 387 g/mol. The first-order valence-corrected chi connectivity index (χ1v) is 7.71. The van der Waals surface area contributed by atoms with Crippen LogP contribution < -0.4 is 5.32 Å². The fourth-order valence-corrected chi connectivity index (χ4v) is 2.48. The van der Waals surface area contributed by atoms with Gasteiger partial charge in [0.25, 0.3) is 5.91 Å². The minimum absolute atomic E-state index is 0.00610. The number of halogens is 4. The van der Waals surface area contributed by atoms with Gasteiger partial charge in [-0.2, -0.15) is 13.2 Å². The Kier molecular flexibility index (Phi) is 4.99. The van der Waals surface area contributed by atoms with Crippen molar-refractivity contribution >= 4 is 27.5 Å². The molecule has 0 fully saturated rings. The summed E-state index contributed by atoms with van der Waals surface area (Å²) in [7, 11) is 0. The minimum atomic E-state index is -4.54. The lowest BCUT2D eigenvalue weighted by Gasteiger charge is -2.13. The van der Waals surface area contributed by atoms with E-state index in [4.69, 9.17) is 0 Å². The van der Waals surface area contributed by atoms with Crippen LogP contribution >= 0.6 is 15.9 Å². The van der Waals surface area contributed by atoms with E-state index >= 15 is 0 Å².